The van der Waals surface area contributed by atoms with Gasteiger partial charge in [-0.2, -0.15) is 4.98 Å². The van der Waals surface area contributed by atoms with Gasteiger partial charge in [0.15, 0.2) is 5.82 Å². The highest BCUT2D eigenvalue weighted by Crippen LogP contribution is 2.30. The second-order valence-electron chi connectivity index (χ2n) is 6.96. The predicted molar refractivity (Wildman–Crippen MR) is 107 cm³/mol. The number of aryl methyl sites for hydroxylation is 1. The molecule has 1 saturated heterocycles. The normalized spacial score (nSPS) is 15.8. The van der Waals surface area contributed by atoms with E-state index in [4.69, 9.17) is 10.5 Å². The third-order valence-electron chi connectivity index (χ3n) is 4.71. The average molecular weight is 402 g/mol. The Hall–Kier alpha value is -3.27. The lowest BCUT2D eigenvalue weighted by Crippen LogP contribution is -2.36. The van der Waals surface area contributed by atoms with E-state index in [-0.39, 0.29) is 17.6 Å². The summed E-state index contributed by atoms with van der Waals surface area (Å²) in [6, 6.07) is 2.41. The van der Waals surface area contributed by atoms with Crippen molar-refractivity contribution in [2.24, 2.45) is 5.73 Å². The highest BCUT2D eigenvalue weighted by molar-refractivity contribution is 5.94. The summed E-state index contributed by atoms with van der Waals surface area (Å²) in [5, 5.41) is 2.95. The minimum Gasteiger partial charge on any atom is -0.379 e. The van der Waals surface area contributed by atoms with Gasteiger partial charge in [0, 0.05) is 26.4 Å². The van der Waals surface area contributed by atoms with Crippen LogP contribution in [0.3, 0.4) is 0 Å². The van der Waals surface area contributed by atoms with E-state index in [1.807, 2.05) is 14.1 Å². The molecule has 2 heterocycles. The lowest BCUT2D eigenvalue weighted by molar-refractivity contribution is -0.107. The molecular formula is C19H23FN6O3. The van der Waals surface area contributed by atoms with Gasteiger partial charge in [-0.1, -0.05) is 0 Å². The van der Waals surface area contributed by atoms with Crippen molar-refractivity contribution in [3.8, 4) is 0 Å². The monoisotopic (exact) mass is 402 g/mol. The van der Waals surface area contributed by atoms with Crippen molar-refractivity contribution < 1.29 is 18.7 Å². The van der Waals surface area contributed by atoms with Gasteiger partial charge in [-0.15, -0.1) is 0 Å². The van der Waals surface area contributed by atoms with E-state index in [9.17, 15) is 14.0 Å². The third-order valence-corrected chi connectivity index (χ3v) is 4.71. The van der Waals surface area contributed by atoms with Crippen molar-refractivity contribution in [1.82, 2.24) is 9.97 Å². The molecule has 10 heteroatoms. The van der Waals surface area contributed by atoms with Crippen LogP contribution in [0.1, 0.15) is 22.3 Å². The number of benzene rings is 1. The van der Waals surface area contributed by atoms with Crippen LogP contribution in [0.5, 0.6) is 0 Å². The molecule has 2 aromatic rings. The summed E-state index contributed by atoms with van der Waals surface area (Å²) in [5.74, 6) is -0.977. The smallest absolute Gasteiger partial charge is 0.251 e. The number of rotatable bonds is 7. The van der Waals surface area contributed by atoms with E-state index >= 15 is 0 Å². The molecule has 1 fully saturated rings. The molecule has 1 atom stereocenters. The number of carbonyl (C=O) groups excluding carboxylic acids is 2. The third kappa shape index (κ3) is 4.27. The molecule has 0 radical (unpaired) electrons. The molecule has 1 aromatic carbocycles. The molecule has 1 unspecified atom stereocenters. The molecule has 154 valence electrons. The number of primary amides is 1. The molecule has 3 N–H and O–H groups in total. The average Bonchev–Trinajstić information content (AvgIpc) is 3.19. The lowest BCUT2D eigenvalue weighted by atomic mass is 10.1. The molecule has 1 aliphatic heterocycles. The van der Waals surface area contributed by atoms with Gasteiger partial charge in [0.25, 0.3) is 5.91 Å². The van der Waals surface area contributed by atoms with Crippen LogP contribution in [-0.2, 0) is 9.53 Å². The van der Waals surface area contributed by atoms with E-state index in [0.717, 1.165) is 6.41 Å². The zero-order valence-corrected chi connectivity index (χ0v) is 16.5. The Morgan fingerprint density at radius 1 is 1.41 bits per heavy atom. The number of ether oxygens (including phenoxy) is 1. The van der Waals surface area contributed by atoms with E-state index in [1.165, 1.54) is 17.0 Å². The van der Waals surface area contributed by atoms with Gasteiger partial charge in [-0.3, -0.25) is 14.5 Å². The summed E-state index contributed by atoms with van der Waals surface area (Å²) < 4.78 is 19.6. The fourth-order valence-corrected chi connectivity index (χ4v) is 3.11. The summed E-state index contributed by atoms with van der Waals surface area (Å²) in [5.41, 5.74) is 6.63. The maximum atomic E-state index is 14.2. The Morgan fingerprint density at radius 3 is 2.76 bits per heavy atom. The molecule has 0 aliphatic carbocycles. The largest absolute Gasteiger partial charge is 0.379 e. The number of hydrogen-bond acceptors (Lipinski definition) is 7. The molecule has 29 heavy (non-hydrogen) atoms. The summed E-state index contributed by atoms with van der Waals surface area (Å²) in [7, 11) is 3.65. The van der Waals surface area contributed by atoms with Crippen molar-refractivity contribution >= 4 is 35.5 Å². The predicted octanol–water partition coefficient (Wildman–Crippen LogP) is 1.58. The molecule has 0 saturated carbocycles. The number of nitrogens with two attached hydrogens (primary N) is 1. The first-order valence-electron chi connectivity index (χ1n) is 9.04. The molecule has 9 nitrogen and oxygen atoms in total. The molecule has 0 spiro atoms. The van der Waals surface area contributed by atoms with E-state index in [2.05, 4.69) is 15.3 Å². The zero-order valence-electron chi connectivity index (χ0n) is 16.5. The van der Waals surface area contributed by atoms with Gasteiger partial charge < -0.3 is 20.7 Å². The molecule has 0 bridgehead atoms. The maximum absolute atomic E-state index is 14.2. The first-order valence-corrected chi connectivity index (χ1v) is 9.04. The summed E-state index contributed by atoms with van der Waals surface area (Å²) in [6.45, 7) is 2.71. The number of amides is 2. The van der Waals surface area contributed by atoms with Gasteiger partial charge in [0.05, 0.1) is 30.1 Å². The van der Waals surface area contributed by atoms with Crippen molar-refractivity contribution in [2.75, 3.05) is 42.4 Å². The standard InChI is InChI=1S/C19H23FN6O3/c1-11-6-13(17(21)28)14(20)7-15(11)23-19-22-8-16(25(2)3)18(24-19)26(10-27)12-4-5-29-9-12/h6-8,10,12H,4-5,9H2,1-3H3,(H2,21,28)(H,22,23,24). The summed E-state index contributed by atoms with van der Waals surface area (Å²) in [6.07, 6.45) is 3.02. The number of nitrogens with one attached hydrogen (secondary N) is 1. The molecule has 3 rings (SSSR count). The zero-order chi connectivity index (χ0) is 21.1. The number of anilines is 4. The fourth-order valence-electron chi connectivity index (χ4n) is 3.11. The highest BCUT2D eigenvalue weighted by Gasteiger charge is 2.27. The van der Waals surface area contributed by atoms with Crippen molar-refractivity contribution in [1.29, 1.82) is 0 Å². The number of aromatic nitrogens is 2. The number of hydrogen-bond donors (Lipinski definition) is 2. The van der Waals surface area contributed by atoms with Gasteiger partial charge in [0.2, 0.25) is 12.4 Å². The van der Waals surface area contributed by atoms with Crippen LogP contribution in [-0.4, -0.2) is 55.6 Å². The van der Waals surface area contributed by atoms with Crippen LogP contribution in [0.15, 0.2) is 18.3 Å². The first-order chi connectivity index (χ1) is 13.8. The van der Waals surface area contributed by atoms with Gasteiger partial charge >= 0.3 is 0 Å². The van der Waals surface area contributed by atoms with E-state index in [0.29, 0.717) is 42.4 Å². The van der Waals surface area contributed by atoms with E-state index in [1.54, 1.807) is 18.0 Å². The Morgan fingerprint density at radius 2 is 2.17 bits per heavy atom. The van der Waals surface area contributed by atoms with Gasteiger partial charge in [0.1, 0.15) is 5.82 Å². The molecule has 1 aromatic heterocycles. The Labute approximate surface area is 167 Å². The van der Waals surface area contributed by atoms with Crippen LogP contribution >= 0.6 is 0 Å². The van der Waals surface area contributed by atoms with Crippen molar-refractivity contribution in [2.45, 2.75) is 19.4 Å². The SMILES string of the molecule is Cc1cc(C(N)=O)c(F)cc1Nc1ncc(N(C)C)c(N(C=O)C2CCOC2)n1. The Kier molecular flexibility index (Phi) is 5.92. The Bertz CT molecular complexity index is 930. The number of nitrogens with zero attached hydrogens (tertiary/aromatic N) is 4. The number of carbonyl (C=O) groups is 2. The fraction of sp³-hybridized carbons (Fsp3) is 0.368. The minimum absolute atomic E-state index is 0.122. The molecular weight excluding hydrogens is 379 g/mol. The second kappa shape index (κ2) is 8.39. The quantitative estimate of drug-likeness (QED) is 0.676. The van der Waals surface area contributed by atoms with Crippen LogP contribution in [0, 0.1) is 12.7 Å². The van der Waals surface area contributed by atoms with Crippen molar-refractivity contribution in [3.63, 3.8) is 0 Å². The Balaban J connectivity index is 1.98. The van der Waals surface area contributed by atoms with Crippen LogP contribution < -0.4 is 20.9 Å². The second-order valence-corrected chi connectivity index (χ2v) is 6.96. The van der Waals surface area contributed by atoms with E-state index < -0.39 is 11.7 Å². The van der Waals surface area contributed by atoms with Gasteiger partial charge in [-0.05, 0) is 31.0 Å². The van der Waals surface area contributed by atoms with Crippen molar-refractivity contribution in [3.05, 3.63) is 35.3 Å². The first kappa shape index (κ1) is 20.5. The number of halogens is 1. The lowest BCUT2D eigenvalue weighted by Gasteiger charge is -2.27. The molecule has 2 amide bonds. The topological polar surface area (TPSA) is 114 Å². The van der Waals surface area contributed by atoms with Crippen LogP contribution in [0.4, 0.5) is 27.5 Å². The maximum Gasteiger partial charge on any atom is 0.251 e. The van der Waals surface area contributed by atoms with Crippen LogP contribution in [0.2, 0.25) is 0 Å². The molecule has 1 aliphatic rings. The van der Waals surface area contributed by atoms with Crippen LogP contribution in [0.25, 0.3) is 0 Å². The summed E-state index contributed by atoms with van der Waals surface area (Å²) in [4.78, 5) is 35.2. The highest BCUT2D eigenvalue weighted by atomic mass is 19.1. The minimum atomic E-state index is -0.841. The summed E-state index contributed by atoms with van der Waals surface area (Å²) >= 11 is 0. The van der Waals surface area contributed by atoms with Gasteiger partial charge in [-0.25, -0.2) is 9.37 Å².